The normalized spacial score (nSPS) is 13.7. The molecule has 0 spiro atoms. The Kier molecular flexibility index (Phi) is 8.17. The van der Waals surface area contributed by atoms with Crippen molar-refractivity contribution >= 4 is 23.2 Å². The quantitative estimate of drug-likeness (QED) is 0.682. The average molecular weight is 324 g/mol. The molecule has 2 unspecified atom stereocenters. The molecule has 2 amide bonds. The van der Waals surface area contributed by atoms with E-state index < -0.39 is 6.04 Å². The summed E-state index contributed by atoms with van der Waals surface area (Å²) in [5.74, 6) is -0.224. The van der Waals surface area contributed by atoms with Crippen molar-refractivity contribution in [2.75, 3.05) is 0 Å². The van der Waals surface area contributed by atoms with Gasteiger partial charge in [0.05, 0.1) is 4.88 Å². The van der Waals surface area contributed by atoms with Crippen molar-refractivity contribution in [2.24, 2.45) is 5.92 Å². The molecule has 1 heterocycles. The molecule has 0 saturated heterocycles. The summed E-state index contributed by atoms with van der Waals surface area (Å²) in [6.07, 6.45) is 4.45. The predicted octanol–water partition coefficient (Wildman–Crippen LogP) is 3.59. The van der Waals surface area contributed by atoms with E-state index in [9.17, 15) is 9.59 Å². The van der Waals surface area contributed by atoms with Gasteiger partial charge in [0, 0.05) is 6.04 Å². The number of carbonyl (C=O) groups excluding carboxylic acids is 2. The molecule has 0 aliphatic rings. The first-order valence-corrected chi connectivity index (χ1v) is 8.98. The van der Waals surface area contributed by atoms with Gasteiger partial charge in [0.2, 0.25) is 5.91 Å². The molecule has 0 radical (unpaired) electrons. The van der Waals surface area contributed by atoms with Crippen molar-refractivity contribution in [3.05, 3.63) is 22.4 Å². The number of amides is 2. The van der Waals surface area contributed by atoms with Crippen LogP contribution in [-0.2, 0) is 4.79 Å². The van der Waals surface area contributed by atoms with E-state index in [2.05, 4.69) is 17.6 Å². The fourth-order valence-electron chi connectivity index (χ4n) is 2.26. The predicted molar refractivity (Wildman–Crippen MR) is 92.2 cm³/mol. The van der Waals surface area contributed by atoms with Crippen LogP contribution in [0, 0.1) is 5.92 Å². The lowest BCUT2D eigenvalue weighted by atomic mass is 10.0. The summed E-state index contributed by atoms with van der Waals surface area (Å²) in [5, 5.41) is 7.73. The van der Waals surface area contributed by atoms with Gasteiger partial charge in [-0.05, 0) is 30.7 Å². The highest BCUT2D eigenvalue weighted by molar-refractivity contribution is 7.12. The maximum absolute atomic E-state index is 12.4. The minimum absolute atomic E-state index is 0.0479. The fraction of sp³-hybridized carbons (Fsp3) is 0.647. The lowest BCUT2D eigenvalue weighted by Gasteiger charge is -2.24. The Morgan fingerprint density at radius 2 is 1.91 bits per heavy atom. The first-order chi connectivity index (χ1) is 10.5. The number of carbonyl (C=O) groups is 2. The Bertz CT molecular complexity index is 457. The van der Waals surface area contributed by atoms with E-state index in [0.717, 1.165) is 12.8 Å². The molecular formula is C17H28N2O2S. The number of thiophene rings is 1. The van der Waals surface area contributed by atoms with Crippen molar-refractivity contribution in [1.82, 2.24) is 10.6 Å². The third kappa shape index (κ3) is 6.18. The van der Waals surface area contributed by atoms with Gasteiger partial charge in [-0.25, -0.2) is 0 Å². The second-order valence-electron chi connectivity index (χ2n) is 6.08. The minimum Gasteiger partial charge on any atom is -0.352 e. The van der Waals surface area contributed by atoms with Crippen LogP contribution in [0.15, 0.2) is 17.5 Å². The summed E-state index contributed by atoms with van der Waals surface area (Å²) in [6.45, 7) is 8.07. The molecule has 2 atom stereocenters. The van der Waals surface area contributed by atoms with E-state index in [1.165, 1.54) is 24.2 Å². The highest BCUT2D eigenvalue weighted by atomic mass is 32.1. The van der Waals surface area contributed by atoms with Gasteiger partial charge in [-0.2, -0.15) is 0 Å². The van der Waals surface area contributed by atoms with Crippen molar-refractivity contribution in [2.45, 2.75) is 65.5 Å². The topological polar surface area (TPSA) is 58.2 Å². The summed E-state index contributed by atoms with van der Waals surface area (Å²) in [4.78, 5) is 25.2. The maximum Gasteiger partial charge on any atom is 0.262 e. The fourth-order valence-corrected chi connectivity index (χ4v) is 2.89. The molecule has 2 N–H and O–H groups in total. The molecule has 0 fully saturated rings. The molecule has 0 aliphatic carbocycles. The van der Waals surface area contributed by atoms with Crippen LogP contribution < -0.4 is 10.6 Å². The second-order valence-corrected chi connectivity index (χ2v) is 7.03. The summed E-state index contributed by atoms with van der Waals surface area (Å²) in [7, 11) is 0. The van der Waals surface area contributed by atoms with Crippen LogP contribution >= 0.6 is 11.3 Å². The summed E-state index contributed by atoms with van der Waals surface area (Å²) >= 11 is 1.38. The molecule has 1 rings (SSSR count). The van der Waals surface area contributed by atoms with Gasteiger partial charge in [-0.15, -0.1) is 11.3 Å². The number of hydrogen-bond acceptors (Lipinski definition) is 3. The molecular weight excluding hydrogens is 296 g/mol. The van der Waals surface area contributed by atoms with Crippen molar-refractivity contribution in [3.63, 3.8) is 0 Å². The molecule has 124 valence electrons. The Morgan fingerprint density at radius 1 is 1.18 bits per heavy atom. The average Bonchev–Trinajstić information content (AvgIpc) is 2.98. The lowest BCUT2D eigenvalue weighted by molar-refractivity contribution is -0.124. The van der Waals surface area contributed by atoms with E-state index in [4.69, 9.17) is 0 Å². The molecule has 5 heteroatoms. The van der Waals surface area contributed by atoms with Crippen molar-refractivity contribution in [1.29, 1.82) is 0 Å². The first-order valence-electron chi connectivity index (χ1n) is 8.10. The highest BCUT2D eigenvalue weighted by Gasteiger charge is 2.25. The molecule has 22 heavy (non-hydrogen) atoms. The lowest BCUT2D eigenvalue weighted by Crippen LogP contribution is -2.51. The number of rotatable bonds is 9. The zero-order chi connectivity index (χ0) is 16.5. The Morgan fingerprint density at radius 3 is 2.45 bits per heavy atom. The van der Waals surface area contributed by atoms with Crippen LogP contribution in [-0.4, -0.2) is 23.9 Å². The van der Waals surface area contributed by atoms with Crippen LogP contribution in [0.1, 0.15) is 63.0 Å². The van der Waals surface area contributed by atoms with E-state index in [0.29, 0.717) is 4.88 Å². The van der Waals surface area contributed by atoms with E-state index in [-0.39, 0.29) is 23.8 Å². The SMILES string of the molecule is CCCCCC(C)NC(=O)C(NC(=O)c1cccs1)C(C)C. The number of hydrogen-bond donors (Lipinski definition) is 2. The maximum atomic E-state index is 12.4. The van der Waals surface area contributed by atoms with Crippen LogP contribution in [0.5, 0.6) is 0 Å². The monoisotopic (exact) mass is 324 g/mol. The number of unbranched alkanes of at least 4 members (excludes halogenated alkanes) is 2. The van der Waals surface area contributed by atoms with Crippen LogP contribution in [0.4, 0.5) is 0 Å². The largest absolute Gasteiger partial charge is 0.352 e. The highest BCUT2D eigenvalue weighted by Crippen LogP contribution is 2.11. The molecule has 0 aromatic carbocycles. The smallest absolute Gasteiger partial charge is 0.262 e. The summed E-state index contributed by atoms with van der Waals surface area (Å²) in [6, 6.07) is 3.24. The van der Waals surface area contributed by atoms with Gasteiger partial charge >= 0.3 is 0 Å². The third-order valence-corrected chi connectivity index (χ3v) is 4.48. The second kappa shape index (κ2) is 9.62. The van der Waals surface area contributed by atoms with Gasteiger partial charge in [0.1, 0.15) is 6.04 Å². The Labute approximate surface area is 137 Å². The summed E-state index contributed by atoms with van der Waals surface area (Å²) in [5.41, 5.74) is 0. The Hall–Kier alpha value is -1.36. The Balaban J connectivity index is 2.55. The zero-order valence-corrected chi connectivity index (χ0v) is 14.8. The van der Waals surface area contributed by atoms with Gasteiger partial charge in [-0.1, -0.05) is 46.1 Å². The third-order valence-electron chi connectivity index (χ3n) is 3.61. The van der Waals surface area contributed by atoms with Gasteiger partial charge in [0.15, 0.2) is 0 Å². The van der Waals surface area contributed by atoms with Gasteiger partial charge in [0.25, 0.3) is 5.91 Å². The van der Waals surface area contributed by atoms with Crippen molar-refractivity contribution < 1.29 is 9.59 Å². The zero-order valence-electron chi connectivity index (χ0n) is 14.0. The van der Waals surface area contributed by atoms with Crippen molar-refractivity contribution in [3.8, 4) is 0 Å². The van der Waals surface area contributed by atoms with E-state index in [1.54, 1.807) is 6.07 Å². The van der Waals surface area contributed by atoms with E-state index in [1.807, 2.05) is 32.2 Å². The molecule has 0 saturated carbocycles. The van der Waals surface area contributed by atoms with Gasteiger partial charge < -0.3 is 10.6 Å². The van der Waals surface area contributed by atoms with Crippen LogP contribution in [0.2, 0.25) is 0 Å². The summed E-state index contributed by atoms with van der Waals surface area (Å²) < 4.78 is 0. The molecule has 1 aromatic rings. The first kappa shape index (κ1) is 18.7. The molecule has 0 bridgehead atoms. The minimum atomic E-state index is -0.497. The van der Waals surface area contributed by atoms with Crippen LogP contribution in [0.3, 0.4) is 0 Å². The standard InChI is InChI=1S/C17H28N2O2S/c1-5-6-7-9-13(4)18-17(21)15(12(2)3)19-16(20)14-10-8-11-22-14/h8,10-13,15H,5-7,9H2,1-4H3,(H,18,21)(H,19,20). The molecule has 4 nitrogen and oxygen atoms in total. The van der Waals surface area contributed by atoms with Gasteiger partial charge in [-0.3, -0.25) is 9.59 Å². The number of nitrogens with one attached hydrogen (secondary N) is 2. The van der Waals surface area contributed by atoms with E-state index >= 15 is 0 Å². The molecule has 1 aromatic heterocycles. The van der Waals surface area contributed by atoms with Crippen LogP contribution in [0.25, 0.3) is 0 Å². The molecule has 0 aliphatic heterocycles.